The summed E-state index contributed by atoms with van der Waals surface area (Å²) in [5.74, 6) is -0.603. The van der Waals surface area contributed by atoms with Crippen LogP contribution < -0.4 is 10.9 Å². The van der Waals surface area contributed by atoms with E-state index in [0.717, 1.165) is 19.3 Å². The molecule has 18 heavy (non-hydrogen) atoms. The highest BCUT2D eigenvalue weighted by atomic mass is 16.4. The second kappa shape index (κ2) is 4.80. The van der Waals surface area contributed by atoms with Crippen molar-refractivity contribution in [1.29, 1.82) is 0 Å². The standard InChI is InChI=1S/C12H17N3O3/c1-2-15-7-6-13-10(11(15)18)14-12(4-3-5-12)8-9(16)17/h6-7H,2-5,8H2,1H3,(H,13,14)(H,16,17). The summed E-state index contributed by atoms with van der Waals surface area (Å²) in [6, 6.07) is 0. The second-order valence-electron chi connectivity index (χ2n) is 4.70. The molecule has 1 aliphatic carbocycles. The normalized spacial score (nSPS) is 16.9. The Morgan fingerprint density at radius 1 is 1.61 bits per heavy atom. The molecule has 0 aliphatic heterocycles. The number of aryl methyl sites for hydroxylation is 1. The van der Waals surface area contributed by atoms with E-state index in [2.05, 4.69) is 10.3 Å². The summed E-state index contributed by atoms with van der Waals surface area (Å²) in [5.41, 5.74) is -0.693. The summed E-state index contributed by atoms with van der Waals surface area (Å²) in [4.78, 5) is 26.9. The lowest BCUT2D eigenvalue weighted by Crippen LogP contribution is -2.48. The Kier molecular flexibility index (Phi) is 3.36. The van der Waals surface area contributed by atoms with Crippen LogP contribution in [0.4, 0.5) is 5.82 Å². The van der Waals surface area contributed by atoms with E-state index in [-0.39, 0.29) is 17.8 Å². The molecule has 1 heterocycles. The van der Waals surface area contributed by atoms with Crippen LogP contribution in [0.2, 0.25) is 0 Å². The molecule has 0 bridgehead atoms. The minimum absolute atomic E-state index is 0.0230. The van der Waals surface area contributed by atoms with Gasteiger partial charge in [0, 0.05) is 24.5 Å². The maximum Gasteiger partial charge on any atom is 0.305 e. The van der Waals surface area contributed by atoms with E-state index in [1.165, 1.54) is 0 Å². The Morgan fingerprint density at radius 2 is 2.33 bits per heavy atom. The third kappa shape index (κ3) is 2.37. The molecule has 0 saturated heterocycles. The Balaban J connectivity index is 2.23. The van der Waals surface area contributed by atoms with Crippen molar-refractivity contribution in [3.63, 3.8) is 0 Å². The van der Waals surface area contributed by atoms with Gasteiger partial charge in [-0.3, -0.25) is 9.59 Å². The smallest absolute Gasteiger partial charge is 0.305 e. The predicted octanol–water partition coefficient (Wildman–Crippen LogP) is 1.07. The van der Waals surface area contributed by atoms with Gasteiger partial charge in [-0.1, -0.05) is 0 Å². The predicted molar refractivity (Wildman–Crippen MR) is 66.6 cm³/mol. The lowest BCUT2D eigenvalue weighted by molar-refractivity contribution is -0.138. The first-order chi connectivity index (χ1) is 8.56. The number of aromatic nitrogens is 2. The van der Waals surface area contributed by atoms with Gasteiger partial charge in [0.2, 0.25) is 0 Å². The monoisotopic (exact) mass is 251 g/mol. The molecular weight excluding hydrogens is 234 g/mol. The van der Waals surface area contributed by atoms with Crippen molar-refractivity contribution in [2.75, 3.05) is 5.32 Å². The number of hydrogen-bond donors (Lipinski definition) is 2. The fourth-order valence-electron chi connectivity index (χ4n) is 2.27. The summed E-state index contributed by atoms with van der Waals surface area (Å²) < 4.78 is 1.54. The summed E-state index contributed by atoms with van der Waals surface area (Å²) in [5, 5.41) is 12.0. The fourth-order valence-corrected chi connectivity index (χ4v) is 2.27. The van der Waals surface area contributed by atoms with E-state index in [4.69, 9.17) is 5.11 Å². The van der Waals surface area contributed by atoms with E-state index in [1.807, 2.05) is 6.92 Å². The molecule has 1 aromatic heterocycles. The number of aliphatic carboxylic acids is 1. The maximum atomic E-state index is 12.0. The summed E-state index contributed by atoms with van der Waals surface area (Å²) in [6.07, 6.45) is 5.71. The van der Waals surface area contributed by atoms with Crippen LogP contribution in [-0.2, 0) is 11.3 Å². The number of nitrogens with zero attached hydrogens (tertiary/aromatic N) is 2. The molecule has 0 unspecified atom stereocenters. The number of carboxylic acids is 1. The van der Waals surface area contributed by atoms with Crippen LogP contribution >= 0.6 is 0 Å². The molecule has 6 heteroatoms. The number of nitrogens with one attached hydrogen (secondary N) is 1. The molecule has 1 aromatic rings. The average molecular weight is 251 g/mol. The molecule has 2 N–H and O–H groups in total. The number of carbonyl (C=O) groups is 1. The molecule has 6 nitrogen and oxygen atoms in total. The zero-order valence-electron chi connectivity index (χ0n) is 10.3. The molecule has 98 valence electrons. The van der Waals surface area contributed by atoms with Gasteiger partial charge in [0.05, 0.1) is 6.42 Å². The Labute approximate surface area is 105 Å². The van der Waals surface area contributed by atoms with Crippen molar-refractivity contribution < 1.29 is 9.90 Å². The largest absolute Gasteiger partial charge is 0.481 e. The van der Waals surface area contributed by atoms with E-state index in [9.17, 15) is 9.59 Å². The Morgan fingerprint density at radius 3 is 2.83 bits per heavy atom. The molecule has 0 spiro atoms. The maximum absolute atomic E-state index is 12.0. The molecule has 0 aromatic carbocycles. The first kappa shape index (κ1) is 12.6. The van der Waals surface area contributed by atoms with Crippen molar-refractivity contribution in [2.24, 2.45) is 0 Å². The van der Waals surface area contributed by atoms with Gasteiger partial charge in [0.15, 0.2) is 5.82 Å². The quantitative estimate of drug-likeness (QED) is 0.817. The van der Waals surface area contributed by atoms with Crippen LogP contribution in [0.1, 0.15) is 32.6 Å². The van der Waals surface area contributed by atoms with Gasteiger partial charge >= 0.3 is 5.97 Å². The molecule has 1 fully saturated rings. The van der Waals surface area contributed by atoms with Gasteiger partial charge in [0.1, 0.15) is 0 Å². The van der Waals surface area contributed by atoms with Gasteiger partial charge < -0.3 is 15.0 Å². The minimum atomic E-state index is -0.853. The highest BCUT2D eigenvalue weighted by Gasteiger charge is 2.39. The number of carboxylic acid groups (broad SMARTS) is 1. The second-order valence-corrected chi connectivity index (χ2v) is 4.70. The minimum Gasteiger partial charge on any atom is -0.481 e. The first-order valence-electron chi connectivity index (χ1n) is 6.12. The van der Waals surface area contributed by atoms with E-state index in [1.54, 1.807) is 17.0 Å². The van der Waals surface area contributed by atoms with E-state index >= 15 is 0 Å². The van der Waals surface area contributed by atoms with Crippen LogP contribution in [0.25, 0.3) is 0 Å². The highest BCUT2D eigenvalue weighted by Crippen LogP contribution is 2.37. The number of rotatable bonds is 5. The topological polar surface area (TPSA) is 84.2 Å². The van der Waals surface area contributed by atoms with Crippen molar-refractivity contribution >= 4 is 11.8 Å². The van der Waals surface area contributed by atoms with Crippen LogP contribution in [0.5, 0.6) is 0 Å². The number of hydrogen-bond acceptors (Lipinski definition) is 4. The van der Waals surface area contributed by atoms with Gasteiger partial charge in [0.25, 0.3) is 5.56 Å². The SMILES string of the molecule is CCn1ccnc(NC2(CC(=O)O)CCC2)c1=O. The summed E-state index contributed by atoms with van der Waals surface area (Å²) in [7, 11) is 0. The lowest BCUT2D eigenvalue weighted by Gasteiger charge is -2.41. The third-order valence-electron chi connectivity index (χ3n) is 3.44. The third-order valence-corrected chi connectivity index (χ3v) is 3.44. The van der Waals surface area contributed by atoms with Crippen molar-refractivity contribution in [3.05, 3.63) is 22.7 Å². The van der Waals surface area contributed by atoms with Crippen molar-refractivity contribution in [3.8, 4) is 0 Å². The molecule has 0 amide bonds. The van der Waals surface area contributed by atoms with Gasteiger partial charge in [-0.25, -0.2) is 4.98 Å². The van der Waals surface area contributed by atoms with E-state index < -0.39 is 11.5 Å². The molecule has 0 radical (unpaired) electrons. The number of anilines is 1. The van der Waals surface area contributed by atoms with Crippen molar-refractivity contribution in [2.45, 2.75) is 44.7 Å². The average Bonchev–Trinajstić information content (AvgIpc) is 2.28. The molecule has 1 aliphatic rings. The fraction of sp³-hybridized carbons (Fsp3) is 0.583. The lowest BCUT2D eigenvalue weighted by atomic mass is 9.74. The van der Waals surface area contributed by atoms with Gasteiger partial charge in [-0.2, -0.15) is 0 Å². The van der Waals surface area contributed by atoms with Crippen LogP contribution in [0.3, 0.4) is 0 Å². The zero-order valence-corrected chi connectivity index (χ0v) is 10.3. The van der Waals surface area contributed by atoms with Crippen LogP contribution in [0.15, 0.2) is 17.2 Å². The first-order valence-corrected chi connectivity index (χ1v) is 6.12. The summed E-state index contributed by atoms with van der Waals surface area (Å²) in [6.45, 7) is 2.45. The molecular formula is C12H17N3O3. The Bertz CT molecular complexity index is 506. The Hall–Kier alpha value is -1.85. The van der Waals surface area contributed by atoms with Crippen molar-refractivity contribution in [1.82, 2.24) is 9.55 Å². The van der Waals surface area contributed by atoms with Gasteiger partial charge in [-0.15, -0.1) is 0 Å². The zero-order chi connectivity index (χ0) is 13.2. The van der Waals surface area contributed by atoms with Crippen LogP contribution in [-0.4, -0.2) is 26.2 Å². The van der Waals surface area contributed by atoms with Crippen LogP contribution in [0, 0.1) is 0 Å². The van der Waals surface area contributed by atoms with Gasteiger partial charge in [-0.05, 0) is 26.2 Å². The highest BCUT2D eigenvalue weighted by molar-refractivity contribution is 5.69. The summed E-state index contributed by atoms with van der Waals surface area (Å²) >= 11 is 0. The van der Waals surface area contributed by atoms with E-state index in [0.29, 0.717) is 6.54 Å². The molecule has 0 atom stereocenters. The molecule has 2 rings (SSSR count). The molecule has 1 saturated carbocycles.